The van der Waals surface area contributed by atoms with Crippen molar-refractivity contribution < 1.29 is 0 Å². The molecule has 1 fully saturated rings. The van der Waals surface area contributed by atoms with Crippen molar-refractivity contribution in [2.75, 3.05) is 13.1 Å². The third-order valence-electron chi connectivity index (χ3n) is 3.75. The van der Waals surface area contributed by atoms with Crippen molar-refractivity contribution >= 4 is 0 Å². The van der Waals surface area contributed by atoms with Crippen LogP contribution in [-0.4, -0.2) is 32.4 Å². The van der Waals surface area contributed by atoms with E-state index in [1.807, 2.05) is 30.5 Å². The second kappa shape index (κ2) is 4.94. The van der Waals surface area contributed by atoms with Gasteiger partial charge in [0.15, 0.2) is 0 Å². The number of hydrogen-bond donors (Lipinski definition) is 1. The fourth-order valence-corrected chi connectivity index (χ4v) is 2.65. The van der Waals surface area contributed by atoms with Crippen molar-refractivity contribution in [2.45, 2.75) is 25.3 Å². The molecule has 1 aliphatic rings. The Balaban J connectivity index is 1.69. The van der Waals surface area contributed by atoms with Gasteiger partial charge < -0.3 is 9.88 Å². The number of aromatic nitrogens is 4. The molecule has 3 rings (SSSR count). The molecule has 0 spiro atoms. The average molecular weight is 245 g/mol. The lowest BCUT2D eigenvalue weighted by Gasteiger charge is -2.12. The highest BCUT2D eigenvalue weighted by Gasteiger charge is 2.19. The van der Waals surface area contributed by atoms with Crippen LogP contribution in [0.5, 0.6) is 0 Å². The highest BCUT2D eigenvalue weighted by molar-refractivity contribution is 5.10. The second-order valence-electron chi connectivity index (χ2n) is 4.90. The number of aryl methyl sites for hydroxylation is 3. The summed E-state index contributed by atoms with van der Waals surface area (Å²) in [7, 11) is 1.99. The number of imidazole rings is 1. The zero-order valence-electron chi connectivity index (χ0n) is 10.7. The molecule has 1 unspecified atom stereocenters. The van der Waals surface area contributed by atoms with Gasteiger partial charge in [-0.3, -0.25) is 4.68 Å². The molecule has 5 heteroatoms. The molecule has 96 valence electrons. The normalized spacial score (nSPS) is 19.5. The third kappa shape index (κ3) is 2.18. The minimum absolute atomic E-state index is 0.624. The molecule has 0 saturated carbocycles. The third-order valence-corrected chi connectivity index (χ3v) is 3.75. The van der Waals surface area contributed by atoms with Crippen LogP contribution in [0.4, 0.5) is 0 Å². The smallest absolute Gasteiger partial charge is 0.0948 e. The fraction of sp³-hybridized carbons (Fsp3) is 0.538. The van der Waals surface area contributed by atoms with Gasteiger partial charge in [0.2, 0.25) is 0 Å². The van der Waals surface area contributed by atoms with E-state index in [2.05, 4.69) is 26.0 Å². The largest absolute Gasteiger partial charge is 0.334 e. The molecule has 0 aromatic carbocycles. The van der Waals surface area contributed by atoms with Gasteiger partial charge in [-0.2, -0.15) is 5.10 Å². The van der Waals surface area contributed by atoms with E-state index in [-0.39, 0.29) is 0 Å². The van der Waals surface area contributed by atoms with Crippen molar-refractivity contribution in [2.24, 2.45) is 7.05 Å². The van der Waals surface area contributed by atoms with Crippen molar-refractivity contribution in [1.29, 1.82) is 0 Å². The Morgan fingerprint density at radius 2 is 2.44 bits per heavy atom. The van der Waals surface area contributed by atoms with Crippen molar-refractivity contribution in [1.82, 2.24) is 24.6 Å². The molecular formula is C13H19N5. The Kier molecular flexibility index (Phi) is 3.15. The summed E-state index contributed by atoms with van der Waals surface area (Å²) >= 11 is 0. The highest BCUT2D eigenvalue weighted by atomic mass is 15.3. The Bertz CT molecular complexity index is 507. The Labute approximate surface area is 107 Å². The number of nitrogens with zero attached hydrogens (tertiary/aromatic N) is 4. The minimum Gasteiger partial charge on any atom is -0.334 e. The van der Waals surface area contributed by atoms with Crippen LogP contribution in [0.3, 0.4) is 0 Å². The molecule has 0 aliphatic carbocycles. The first-order valence-corrected chi connectivity index (χ1v) is 6.52. The molecular weight excluding hydrogens is 226 g/mol. The molecule has 0 amide bonds. The van der Waals surface area contributed by atoms with E-state index in [1.165, 1.54) is 17.8 Å². The average Bonchev–Trinajstić information content (AvgIpc) is 3.07. The van der Waals surface area contributed by atoms with Gasteiger partial charge in [0.25, 0.3) is 0 Å². The van der Waals surface area contributed by atoms with Gasteiger partial charge in [0.1, 0.15) is 0 Å². The maximum atomic E-state index is 4.30. The number of hydrogen-bond acceptors (Lipinski definition) is 3. The molecule has 2 aromatic rings. The van der Waals surface area contributed by atoms with Crippen LogP contribution in [0.25, 0.3) is 0 Å². The van der Waals surface area contributed by atoms with Crippen LogP contribution in [0.1, 0.15) is 23.7 Å². The molecule has 1 atom stereocenters. The van der Waals surface area contributed by atoms with Gasteiger partial charge >= 0.3 is 0 Å². The van der Waals surface area contributed by atoms with Gasteiger partial charge in [0.05, 0.1) is 6.33 Å². The van der Waals surface area contributed by atoms with E-state index < -0.39 is 0 Å². The molecule has 2 aromatic heterocycles. The van der Waals surface area contributed by atoms with Crippen LogP contribution in [0, 0.1) is 0 Å². The van der Waals surface area contributed by atoms with Gasteiger partial charge in [-0.05, 0) is 19.0 Å². The molecule has 0 radical (unpaired) electrons. The lowest BCUT2D eigenvalue weighted by molar-refractivity contribution is 0.590. The van der Waals surface area contributed by atoms with Crippen molar-refractivity contribution in [3.63, 3.8) is 0 Å². The zero-order valence-corrected chi connectivity index (χ0v) is 10.7. The van der Waals surface area contributed by atoms with Gasteiger partial charge in [-0.25, -0.2) is 4.98 Å². The van der Waals surface area contributed by atoms with E-state index in [0.717, 1.165) is 26.1 Å². The van der Waals surface area contributed by atoms with Crippen LogP contribution in [-0.2, 0) is 20.0 Å². The van der Waals surface area contributed by atoms with E-state index >= 15 is 0 Å². The van der Waals surface area contributed by atoms with Crippen LogP contribution in [0.15, 0.2) is 24.8 Å². The fourth-order valence-electron chi connectivity index (χ4n) is 2.65. The molecule has 3 heterocycles. The zero-order chi connectivity index (χ0) is 12.4. The number of rotatable bonds is 4. The van der Waals surface area contributed by atoms with Crippen LogP contribution >= 0.6 is 0 Å². The summed E-state index contributed by atoms with van der Waals surface area (Å²) in [6, 6.07) is 2.08. The molecule has 1 N–H and O–H groups in total. The summed E-state index contributed by atoms with van der Waals surface area (Å²) in [4.78, 5) is 4.30. The Morgan fingerprint density at radius 1 is 1.50 bits per heavy atom. The van der Waals surface area contributed by atoms with Crippen LogP contribution < -0.4 is 5.32 Å². The predicted octanol–water partition coefficient (Wildman–Crippen LogP) is 0.936. The Morgan fingerprint density at radius 3 is 3.17 bits per heavy atom. The summed E-state index contributed by atoms with van der Waals surface area (Å²) in [6.45, 7) is 3.18. The molecule has 1 saturated heterocycles. The first kappa shape index (κ1) is 11.5. The minimum atomic E-state index is 0.624. The summed E-state index contributed by atoms with van der Waals surface area (Å²) in [5.41, 5.74) is 2.63. The quantitative estimate of drug-likeness (QED) is 0.872. The first-order valence-electron chi connectivity index (χ1n) is 6.52. The van der Waals surface area contributed by atoms with E-state index in [9.17, 15) is 0 Å². The molecule has 0 bridgehead atoms. The molecule has 5 nitrogen and oxygen atoms in total. The lowest BCUT2D eigenvalue weighted by Crippen LogP contribution is -2.13. The van der Waals surface area contributed by atoms with Crippen molar-refractivity contribution in [3.8, 4) is 0 Å². The van der Waals surface area contributed by atoms with Gasteiger partial charge in [0, 0.05) is 56.3 Å². The van der Waals surface area contributed by atoms with Crippen LogP contribution in [0.2, 0.25) is 0 Å². The second-order valence-corrected chi connectivity index (χ2v) is 4.90. The summed E-state index contributed by atoms with van der Waals surface area (Å²) in [6.07, 6.45) is 8.04. The standard InChI is InChI=1S/C13H19N5/c1-17-12(3-6-16-17)4-7-18-10-15-9-13(18)11-2-5-14-8-11/h3,6,9-11,14H,2,4-5,7-8H2,1H3. The van der Waals surface area contributed by atoms with E-state index in [0.29, 0.717) is 5.92 Å². The monoisotopic (exact) mass is 245 g/mol. The Hall–Kier alpha value is -1.62. The van der Waals surface area contributed by atoms with E-state index in [4.69, 9.17) is 0 Å². The maximum Gasteiger partial charge on any atom is 0.0948 e. The SMILES string of the molecule is Cn1nccc1CCn1cncc1C1CCNC1. The predicted molar refractivity (Wildman–Crippen MR) is 69.4 cm³/mol. The van der Waals surface area contributed by atoms with Gasteiger partial charge in [-0.1, -0.05) is 0 Å². The summed E-state index contributed by atoms with van der Waals surface area (Å²) in [5, 5.41) is 7.61. The maximum absolute atomic E-state index is 4.30. The van der Waals surface area contributed by atoms with E-state index in [1.54, 1.807) is 0 Å². The molecule has 18 heavy (non-hydrogen) atoms. The van der Waals surface area contributed by atoms with Crippen molar-refractivity contribution in [3.05, 3.63) is 36.2 Å². The first-order chi connectivity index (χ1) is 8.84. The van der Waals surface area contributed by atoms with Gasteiger partial charge in [-0.15, -0.1) is 0 Å². The number of nitrogens with one attached hydrogen (secondary N) is 1. The molecule has 1 aliphatic heterocycles. The lowest BCUT2D eigenvalue weighted by atomic mass is 10.1. The summed E-state index contributed by atoms with van der Waals surface area (Å²) < 4.78 is 4.22. The summed E-state index contributed by atoms with van der Waals surface area (Å²) in [5.74, 6) is 0.624. The topological polar surface area (TPSA) is 47.7 Å². The highest BCUT2D eigenvalue weighted by Crippen LogP contribution is 2.22.